The van der Waals surface area contributed by atoms with E-state index in [1.165, 1.54) is 0 Å². The average Bonchev–Trinajstić information content (AvgIpc) is 2.08. The standard InChI is InChI=1S/C9H5FN2/c1-6-7(4-11)2-9(10)3-8(6)5-12/h2-3H,1H3. The summed E-state index contributed by atoms with van der Waals surface area (Å²) in [7, 11) is 0. The fourth-order valence-corrected chi connectivity index (χ4v) is 0.911. The molecular weight excluding hydrogens is 155 g/mol. The van der Waals surface area contributed by atoms with Crippen molar-refractivity contribution in [1.82, 2.24) is 0 Å². The number of rotatable bonds is 0. The molecule has 1 aromatic carbocycles. The van der Waals surface area contributed by atoms with Gasteiger partial charge in [-0.1, -0.05) is 0 Å². The first-order valence-electron chi connectivity index (χ1n) is 3.29. The summed E-state index contributed by atoms with van der Waals surface area (Å²) in [6.45, 7) is 1.62. The van der Waals surface area contributed by atoms with E-state index in [-0.39, 0.29) is 11.1 Å². The number of benzene rings is 1. The van der Waals surface area contributed by atoms with Gasteiger partial charge in [0.15, 0.2) is 0 Å². The van der Waals surface area contributed by atoms with E-state index in [0.29, 0.717) is 5.56 Å². The summed E-state index contributed by atoms with van der Waals surface area (Å²) in [6.07, 6.45) is 0. The van der Waals surface area contributed by atoms with Crippen LogP contribution in [0.1, 0.15) is 16.7 Å². The van der Waals surface area contributed by atoms with Gasteiger partial charge in [-0.25, -0.2) is 4.39 Å². The van der Waals surface area contributed by atoms with E-state index >= 15 is 0 Å². The molecule has 0 aliphatic rings. The van der Waals surface area contributed by atoms with E-state index in [0.717, 1.165) is 12.1 Å². The van der Waals surface area contributed by atoms with Gasteiger partial charge in [-0.05, 0) is 24.6 Å². The van der Waals surface area contributed by atoms with Crippen LogP contribution in [0, 0.1) is 35.4 Å². The third kappa shape index (κ3) is 1.26. The van der Waals surface area contributed by atoms with Crippen molar-refractivity contribution >= 4 is 0 Å². The number of halogens is 1. The summed E-state index contributed by atoms with van der Waals surface area (Å²) in [5.74, 6) is -0.547. The predicted octanol–water partition coefficient (Wildman–Crippen LogP) is 1.88. The lowest BCUT2D eigenvalue weighted by atomic mass is 10.0. The molecule has 1 rings (SSSR count). The zero-order chi connectivity index (χ0) is 9.14. The summed E-state index contributed by atoms with van der Waals surface area (Å²) in [6, 6.07) is 5.88. The van der Waals surface area contributed by atoms with Crippen molar-refractivity contribution in [2.75, 3.05) is 0 Å². The van der Waals surface area contributed by atoms with E-state index in [9.17, 15) is 4.39 Å². The monoisotopic (exact) mass is 160 g/mol. The van der Waals surface area contributed by atoms with Gasteiger partial charge in [0.2, 0.25) is 0 Å². The normalized spacial score (nSPS) is 8.67. The number of hydrogen-bond donors (Lipinski definition) is 0. The molecule has 0 radical (unpaired) electrons. The Bertz CT molecular complexity index is 361. The van der Waals surface area contributed by atoms with Crippen LogP contribution in [-0.2, 0) is 0 Å². The molecule has 0 aliphatic heterocycles. The highest BCUT2D eigenvalue weighted by atomic mass is 19.1. The smallest absolute Gasteiger partial charge is 0.125 e. The van der Waals surface area contributed by atoms with Crippen LogP contribution in [0.3, 0.4) is 0 Å². The van der Waals surface area contributed by atoms with Crippen LogP contribution < -0.4 is 0 Å². The third-order valence-electron chi connectivity index (χ3n) is 1.61. The molecule has 12 heavy (non-hydrogen) atoms. The molecule has 0 spiro atoms. The van der Waals surface area contributed by atoms with E-state index in [1.54, 1.807) is 6.92 Å². The summed E-state index contributed by atoms with van der Waals surface area (Å²) < 4.78 is 12.7. The maximum atomic E-state index is 12.7. The minimum atomic E-state index is -0.547. The molecule has 1 aromatic rings. The van der Waals surface area contributed by atoms with Crippen molar-refractivity contribution in [2.45, 2.75) is 6.92 Å². The molecule has 0 aliphatic carbocycles. The molecule has 0 unspecified atom stereocenters. The Morgan fingerprint density at radius 1 is 1.17 bits per heavy atom. The Labute approximate surface area is 69.5 Å². The van der Waals surface area contributed by atoms with Crippen molar-refractivity contribution in [2.24, 2.45) is 0 Å². The lowest BCUT2D eigenvalue weighted by Gasteiger charge is -1.98. The van der Waals surface area contributed by atoms with E-state index < -0.39 is 5.82 Å². The van der Waals surface area contributed by atoms with Crippen molar-refractivity contribution in [3.63, 3.8) is 0 Å². The van der Waals surface area contributed by atoms with Gasteiger partial charge in [0.25, 0.3) is 0 Å². The summed E-state index contributed by atoms with van der Waals surface area (Å²) >= 11 is 0. The largest absolute Gasteiger partial charge is 0.207 e. The zero-order valence-electron chi connectivity index (χ0n) is 6.43. The second-order valence-corrected chi connectivity index (χ2v) is 2.35. The maximum Gasteiger partial charge on any atom is 0.125 e. The van der Waals surface area contributed by atoms with E-state index in [1.807, 2.05) is 12.1 Å². The van der Waals surface area contributed by atoms with Crippen LogP contribution in [0.5, 0.6) is 0 Å². The highest BCUT2D eigenvalue weighted by molar-refractivity contribution is 5.47. The summed E-state index contributed by atoms with van der Waals surface area (Å²) in [5, 5.41) is 17.1. The molecule has 0 bridgehead atoms. The molecule has 0 N–H and O–H groups in total. The van der Waals surface area contributed by atoms with Crippen LogP contribution in [0.25, 0.3) is 0 Å². The first kappa shape index (κ1) is 8.23. The Balaban J connectivity index is 3.48. The van der Waals surface area contributed by atoms with Crippen molar-refractivity contribution < 1.29 is 4.39 Å². The second-order valence-electron chi connectivity index (χ2n) is 2.35. The zero-order valence-corrected chi connectivity index (χ0v) is 6.43. The molecule has 3 heteroatoms. The molecule has 0 saturated heterocycles. The number of nitriles is 2. The SMILES string of the molecule is Cc1c(C#N)cc(F)cc1C#N. The lowest BCUT2D eigenvalue weighted by Crippen LogP contribution is -1.90. The molecular formula is C9H5FN2. The molecule has 0 amide bonds. The summed E-state index contributed by atoms with van der Waals surface area (Å²) in [4.78, 5) is 0. The van der Waals surface area contributed by atoms with Gasteiger partial charge in [0.05, 0.1) is 23.3 Å². The summed E-state index contributed by atoms with van der Waals surface area (Å²) in [5.41, 5.74) is 0.958. The van der Waals surface area contributed by atoms with Crippen LogP contribution in [0.4, 0.5) is 4.39 Å². The highest BCUT2D eigenvalue weighted by Gasteiger charge is 2.05. The van der Waals surface area contributed by atoms with Crippen molar-refractivity contribution in [3.05, 3.63) is 34.6 Å². The maximum absolute atomic E-state index is 12.7. The van der Waals surface area contributed by atoms with E-state index in [2.05, 4.69) is 0 Å². The van der Waals surface area contributed by atoms with Crippen LogP contribution in [0.2, 0.25) is 0 Å². The highest BCUT2D eigenvalue weighted by Crippen LogP contribution is 2.14. The van der Waals surface area contributed by atoms with Gasteiger partial charge in [-0.15, -0.1) is 0 Å². The minimum absolute atomic E-state index is 0.214. The molecule has 0 aromatic heterocycles. The predicted molar refractivity (Wildman–Crippen MR) is 40.6 cm³/mol. The van der Waals surface area contributed by atoms with Crippen molar-refractivity contribution in [3.8, 4) is 12.1 Å². The molecule has 0 saturated carbocycles. The first-order chi connectivity index (χ1) is 5.69. The van der Waals surface area contributed by atoms with Gasteiger partial charge in [-0.2, -0.15) is 10.5 Å². The van der Waals surface area contributed by atoms with Crippen LogP contribution in [-0.4, -0.2) is 0 Å². The van der Waals surface area contributed by atoms with Gasteiger partial charge in [0, 0.05) is 0 Å². The average molecular weight is 160 g/mol. The number of nitrogens with zero attached hydrogens (tertiary/aromatic N) is 2. The van der Waals surface area contributed by atoms with Gasteiger partial charge in [-0.3, -0.25) is 0 Å². The van der Waals surface area contributed by atoms with E-state index in [4.69, 9.17) is 10.5 Å². The number of hydrogen-bond acceptors (Lipinski definition) is 2. The molecule has 0 fully saturated rings. The first-order valence-corrected chi connectivity index (χ1v) is 3.29. The third-order valence-corrected chi connectivity index (χ3v) is 1.61. The van der Waals surface area contributed by atoms with Crippen molar-refractivity contribution in [1.29, 1.82) is 10.5 Å². The molecule has 0 heterocycles. The lowest BCUT2D eigenvalue weighted by molar-refractivity contribution is 0.626. The second kappa shape index (κ2) is 3.02. The Kier molecular flexibility index (Phi) is 2.07. The van der Waals surface area contributed by atoms with Crippen LogP contribution in [0.15, 0.2) is 12.1 Å². The Morgan fingerprint density at radius 3 is 1.92 bits per heavy atom. The quantitative estimate of drug-likeness (QED) is 0.581. The Morgan fingerprint density at radius 2 is 1.58 bits per heavy atom. The van der Waals surface area contributed by atoms with Gasteiger partial charge < -0.3 is 0 Å². The minimum Gasteiger partial charge on any atom is -0.207 e. The Hall–Kier alpha value is -1.87. The van der Waals surface area contributed by atoms with Crippen LogP contribution >= 0.6 is 0 Å². The van der Waals surface area contributed by atoms with Gasteiger partial charge >= 0.3 is 0 Å². The molecule has 2 nitrogen and oxygen atoms in total. The fraction of sp³-hybridized carbons (Fsp3) is 0.111. The molecule has 0 atom stereocenters. The van der Waals surface area contributed by atoms with Gasteiger partial charge in [0.1, 0.15) is 5.82 Å². The molecule has 58 valence electrons. The topological polar surface area (TPSA) is 47.6 Å². The fourth-order valence-electron chi connectivity index (χ4n) is 0.911.